The predicted octanol–water partition coefficient (Wildman–Crippen LogP) is 2.17. The standard InChI is InChI=1S/C13H17N3O/c1-17-7-3-6-16-10-12(9-15-16)11-4-2-5-13(14)8-11/h2,4-5,8-10H,3,6-7,14H2,1H3. The Morgan fingerprint density at radius 1 is 1.35 bits per heavy atom. The third-order valence-electron chi connectivity index (χ3n) is 2.59. The number of aryl methyl sites for hydroxylation is 1. The summed E-state index contributed by atoms with van der Waals surface area (Å²) >= 11 is 0. The smallest absolute Gasteiger partial charge is 0.0568 e. The van der Waals surface area contributed by atoms with Gasteiger partial charge in [0.25, 0.3) is 0 Å². The summed E-state index contributed by atoms with van der Waals surface area (Å²) < 4.78 is 6.94. The van der Waals surface area contributed by atoms with Gasteiger partial charge >= 0.3 is 0 Å². The second-order valence-corrected chi connectivity index (χ2v) is 3.96. The number of hydrogen-bond acceptors (Lipinski definition) is 3. The quantitative estimate of drug-likeness (QED) is 0.633. The van der Waals surface area contributed by atoms with Gasteiger partial charge in [-0.2, -0.15) is 5.10 Å². The lowest BCUT2D eigenvalue weighted by Crippen LogP contribution is -2.01. The van der Waals surface area contributed by atoms with Crippen molar-refractivity contribution < 1.29 is 4.74 Å². The largest absolute Gasteiger partial charge is 0.399 e. The summed E-state index contributed by atoms with van der Waals surface area (Å²) in [5.41, 5.74) is 8.72. The Labute approximate surface area is 101 Å². The number of anilines is 1. The van der Waals surface area contributed by atoms with E-state index in [1.807, 2.05) is 41.3 Å². The summed E-state index contributed by atoms with van der Waals surface area (Å²) in [6, 6.07) is 7.82. The third-order valence-corrected chi connectivity index (χ3v) is 2.59. The highest BCUT2D eigenvalue weighted by atomic mass is 16.5. The minimum absolute atomic E-state index is 0.757. The first kappa shape index (κ1) is 11.7. The van der Waals surface area contributed by atoms with Crippen molar-refractivity contribution >= 4 is 5.69 Å². The zero-order chi connectivity index (χ0) is 12.1. The van der Waals surface area contributed by atoms with Crippen molar-refractivity contribution in [1.82, 2.24) is 9.78 Å². The molecule has 0 aliphatic heterocycles. The van der Waals surface area contributed by atoms with Gasteiger partial charge in [-0.3, -0.25) is 4.68 Å². The minimum atomic E-state index is 0.757. The molecule has 90 valence electrons. The normalized spacial score (nSPS) is 10.6. The zero-order valence-corrected chi connectivity index (χ0v) is 9.97. The van der Waals surface area contributed by atoms with E-state index in [9.17, 15) is 0 Å². The van der Waals surface area contributed by atoms with Gasteiger partial charge in [0.05, 0.1) is 6.20 Å². The SMILES string of the molecule is COCCCn1cc(-c2cccc(N)c2)cn1. The summed E-state index contributed by atoms with van der Waals surface area (Å²) in [6.45, 7) is 1.63. The lowest BCUT2D eigenvalue weighted by molar-refractivity contribution is 0.189. The first-order valence-electron chi connectivity index (χ1n) is 5.67. The lowest BCUT2D eigenvalue weighted by Gasteiger charge is -2.00. The van der Waals surface area contributed by atoms with Crippen molar-refractivity contribution in [3.8, 4) is 11.1 Å². The number of nitrogens with two attached hydrogens (primary N) is 1. The number of rotatable bonds is 5. The van der Waals surface area contributed by atoms with Crippen molar-refractivity contribution in [3.05, 3.63) is 36.7 Å². The molecule has 17 heavy (non-hydrogen) atoms. The summed E-state index contributed by atoms with van der Waals surface area (Å²) in [4.78, 5) is 0. The molecule has 0 amide bonds. The monoisotopic (exact) mass is 231 g/mol. The molecule has 0 saturated heterocycles. The number of nitrogen functional groups attached to an aromatic ring is 1. The lowest BCUT2D eigenvalue weighted by atomic mass is 10.1. The number of methoxy groups -OCH3 is 1. The molecular formula is C13H17N3O. The average molecular weight is 231 g/mol. The maximum atomic E-state index is 5.76. The van der Waals surface area contributed by atoms with Gasteiger partial charge in [-0.15, -0.1) is 0 Å². The fourth-order valence-electron chi connectivity index (χ4n) is 1.72. The molecule has 0 fully saturated rings. The van der Waals surface area contributed by atoms with Crippen molar-refractivity contribution in [1.29, 1.82) is 0 Å². The van der Waals surface area contributed by atoms with E-state index in [4.69, 9.17) is 10.5 Å². The second-order valence-electron chi connectivity index (χ2n) is 3.96. The molecular weight excluding hydrogens is 214 g/mol. The van der Waals surface area contributed by atoms with E-state index >= 15 is 0 Å². The van der Waals surface area contributed by atoms with Gasteiger partial charge in [-0.05, 0) is 24.1 Å². The fourth-order valence-corrected chi connectivity index (χ4v) is 1.72. The van der Waals surface area contributed by atoms with Crippen molar-refractivity contribution in [2.45, 2.75) is 13.0 Å². The predicted molar refractivity (Wildman–Crippen MR) is 68.6 cm³/mol. The van der Waals surface area contributed by atoms with Crippen LogP contribution in [0, 0.1) is 0 Å². The highest BCUT2D eigenvalue weighted by Gasteiger charge is 2.01. The average Bonchev–Trinajstić information content (AvgIpc) is 2.78. The van der Waals surface area contributed by atoms with Crippen LogP contribution in [0.5, 0.6) is 0 Å². The Morgan fingerprint density at radius 3 is 3.00 bits per heavy atom. The minimum Gasteiger partial charge on any atom is -0.399 e. The summed E-state index contributed by atoms with van der Waals surface area (Å²) in [6.07, 6.45) is 4.86. The van der Waals surface area contributed by atoms with Gasteiger partial charge in [-0.25, -0.2) is 0 Å². The maximum Gasteiger partial charge on any atom is 0.0568 e. The number of aromatic nitrogens is 2. The highest BCUT2D eigenvalue weighted by molar-refractivity contribution is 5.65. The Balaban J connectivity index is 2.07. The Morgan fingerprint density at radius 2 is 2.24 bits per heavy atom. The Hall–Kier alpha value is -1.81. The topological polar surface area (TPSA) is 53.1 Å². The third kappa shape index (κ3) is 3.07. The number of hydrogen-bond donors (Lipinski definition) is 1. The summed E-state index contributed by atoms with van der Waals surface area (Å²) in [7, 11) is 1.71. The van der Waals surface area contributed by atoms with Crippen LogP contribution in [0.1, 0.15) is 6.42 Å². The Kier molecular flexibility index (Phi) is 3.77. The fraction of sp³-hybridized carbons (Fsp3) is 0.308. The van der Waals surface area contributed by atoms with Crippen LogP contribution in [0.3, 0.4) is 0 Å². The van der Waals surface area contributed by atoms with E-state index in [0.29, 0.717) is 0 Å². The summed E-state index contributed by atoms with van der Waals surface area (Å²) in [5.74, 6) is 0. The van der Waals surface area contributed by atoms with E-state index < -0.39 is 0 Å². The highest BCUT2D eigenvalue weighted by Crippen LogP contribution is 2.20. The molecule has 0 bridgehead atoms. The molecule has 0 unspecified atom stereocenters. The van der Waals surface area contributed by atoms with E-state index in [1.54, 1.807) is 7.11 Å². The van der Waals surface area contributed by atoms with Crippen LogP contribution in [-0.4, -0.2) is 23.5 Å². The van der Waals surface area contributed by atoms with Crippen molar-refractivity contribution in [2.24, 2.45) is 0 Å². The van der Waals surface area contributed by atoms with E-state index in [-0.39, 0.29) is 0 Å². The van der Waals surface area contributed by atoms with Crippen LogP contribution in [-0.2, 0) is 11.3 Å². The number of benzene rings is 1. The van der Waals surface area contributed by atoms with E-state index in [0.717, 1.165) is 36.4 Å². The summed E-state index contributed by atoms with van der Waals surface area (Å²) in [5, 5.41) is 4.31. The molecule has 2 aromatic rings. The molecule has 1 aromatic carbocycles. The van der Waals surface area contributed by atoms with Crippen molar-refractivity contribution in [3.63, 3.8) is 0 Å². The molecule has 2 rings (SSSR count). The Bertz CT molecular complexity index is 479. The first-order valence-corrected chi connectivity index (χ1v) is 5.67. The zero-order valence-electron chi connectivity index (χ0n) is 9.97. The first-order chi connectivity index (χ1) is 8.29. The molecule has 2 N–H and O–H groups in total. The molecule has 0 spiro atoms. The maximum absolute atomic E-state index is 5.76. The molecule has 0 radical (unpaired) electrons. The van der Waals surface area contributed by atoms with Gasteiger partial charge in [-0.1, -0.05) is 12.1 Å². The van der Waals surface area contributed by atoms with Gasteiger partial charge in [0.1, 0.15) is 0 Å². The molecule has 1 heterocycles. The number of nitrogens with zero attached hydrogens (tertiary/aromatic N) is 2. The van der Waals surface area contributed by atoms with E-state index in [1.165, 1.54) is 0 Å². The van der Waals surface area contributed by atoms with Crippen LogP contribution in [0.2, 0.25) is 0 Å². The molecule has 4 nitrogen and oxygen atoms in total. The van der Waals surface area contributed by atoms with Gasteiger partial charge in [0.15, 0.2) is 0 Å². The second kappa shape index (κ2) is 5.50. The molecule has 0 aliphatic carbocycles. The van der Waals surface area contributed by atoms with E-state index in [2.05, 4.69) is 5.10 Å². The molecule has 0 atom stereocenters. The molecule has 0 saturated carbocycles. The van der Waals surface area contributed by atoms with Crippen molar-refractivity contribution in [2.75, 3.05) is 19.5 Å². The van der Waals surface area contributed by atoms with Crippen LogP contribution >= 0.6 is 0 Å². The number of ether oxygens (including phenoxy) is 1. The van der Waals surface area contributed by atoms with Gasteiger partial charge in [0, 0.05) is 37.7 Å². The van der Waals surface area contributed by atoms with Gasteiger partial charge < -0.3 is 10.5 Å². The van der Waals surface area contributed by atoms with Crippen LogP contribution in [0.25, 0.3) is 11.1 Å². The van der Waals surface area contributed by atoms with Crippen LogP contribution in [0.4, 0.5) is 5.69 Å². The van der Waals surface area contributed by atoms with Crippen LogP contribution in [0.15, 0.2) is 36.7 Å². The molecule has 0 aliphatic rings. The molecule has 1 aromatic heterocycles. The van der Waals surface area contributed by atoms with Gasteiger partial charge in [0.2, 0.25) is 0 Å². The van der Waals surface area contributed by atoms with Crippen LogP contribution < -0.4 is 5.73 Å². The molecule has 4 heteroatoms.